The van der Waals surface area contributed by atoms with E-state index < -0.39 is 0 Å². The van der Waals surface area contributed by atoms with Crippen molar-refractivity contribution in [1.29, 1.82) is 0 Å². The number of H-pyrrole nitrogens is 1. The Morgan fingerprint density at radius 3 is 2.52 bits per heavy atom. The normalized spacial score (nSPS) is 11.8. The molecule has 0 aliphatic rings. The summed E-state index contributed by atoms with van der Waals surface area (Å²) in [5.41, 5.74) is 4.64. The molecular formula is C26H24FN3O. The van der Waals surface area contributed by atoms with E-state index in [-0.39, 0.29) is 17.6 Å². The van der Waals surface area contributed by atoms with Crippen LogP contribution in [0.4, 0.5) is 4.39 Å². The summed E-state index contributed by atoms with van der Waals surface area (Å²) in [7, 11) is 0. The van der Waals surface area contributed by atoms with E-state index in [0.29, 0.717) is 6.54 Å². The average molecular weight is 413 g/mol. The number of carbonyl (C=O) groups excluding carboxylic acids is 1. The lowest BCUT2D eigenvalue weighted by atomic mass is 9.95. The lowest BCUT2D eigenvalue weighted by Gasteiger charge is -2.15. The third-order valence-corrected chi connectivity index (χ3v) is 5.32. The molecule has 1 atom stereocenters. The fraction of sp³-hybridized carbons (Fsp3) is 0.154. The highest BCUT2D eigenvalue weighted by Crippen LogP contribution is 2.23. The van der Waals surface area contributed by atoms with Gasteiger partial charge in [0.1, 0.15) is 11.6 Å². The van der Waals surface area contributed by atoms with Crippen molar-refractivity contribution in [1.82, 2.24) is 15.3 Å². The molecule has 31 heavy (non-hydrogen) atoms. The highest BCUT2D eigenvalue weighted by Gasteiger charge is 2.18. The van der Waals surface area contributed by atoms with E-state index in [2.05, 4.69) is 15.3 Å². The number of hydrogen-bond donors (Lipinski definition) is 2. The van der Waals surface area contributed by atoms with Crippen LogP contribution in [-0.4, -0.2) is 15.9 Å². The molecule has 0 bridgehead atoms. The smallest absolute Gasteiger partial charge is 0.227 e. The van der Waals surface area contributed by atoms with Crippen molar-refractivity contribution < 1.29 is 9.18 Å². The molecule has 5 heteroatoms. The first-order valence-corrected chi connectivity index (χ1v) is 10.4. The van der Waals surface area contributed by atoms with E-state index in [1.165, 1.54) is 12.1 Å². The van der Waals surface area contributed by atoms with Gasteiger partial charge in [-0.1, -0.05) is 55.5 Å². The van der Waals surface area contributed by atoms with Crippen molar-refractivity contribution in [3.63, 3.8) is 0 Å². The van der Waals surface area contributed by atoms with Gasteiger partial charge in [0.25, 0.3) is 0 Å². The van der Waals surface area contributed by atoms with Crippen LogP contribution in [0.5, 0.6) is 0 Å². The summed E-state index contributed by atoms with van der Waals surface area (Å²) in [5.74, 6) is 0.322. The first-order chi connectivity index (χ1) is 15.1. The second-order valence-electron chi connectivity index (χ2n) is 7.44. The number of benzene rings is 3. The predicted molar refractivity (Wildman–Crippen MR) is 121 cm³/mol. The minimum Gasteiger partial charge on any atom is -0.351 e. The number of nitrogens with one attached hydrogen (secondary N) is 2. The Bertz CT molecular complexity index is 1150. The SMILES string of the molecule is CC[C@H](C(=O)NCc1cccc(-c2ncc(-c3ccc(F)cc3)[nH]2)c1)c1ccccc1. The van der Waals surface area contributed by atoms with Crippen LogP contribution < -0.4 is 5.32 Å². The van der Waals surface area contributed by atoms with E-state index >= 15 is 0 Å². The van der Waals surface area contributed by atoms with E-state index in [0.717, 1.165) is 40.2 Å². The van der Waals surface area contributed by atoms with Crippen LogP contribution in [0.3, 0.4) is 0 Å². The molecule has 3 aromatic carbocycles. The molecular weight excluding hydrogens is 389 g/mol. The summed E-state index contributed by atoms with van der Waals surface area (Å²) in [6.45, 7) is 2.47. The van der Waals surface area contributed by atoms with E-state index in [4.69, 9.17) is 0 Å². The maximum absolute atomic E-state index is 13.2. The lowest BCUT2D eigenvalue weighted by molar-refractivity contribution is -0.122. The van der Waals surface area contributed by atoms with Gasteiger partial charge >= 0.3 is 0 Å². The number of halogens is 1. The molecule has 0 aliphatic carbocycles. The van der Waals surface area contributed by atoms with Crippen LogP contribution in [0.2, 0.25) is 0 Å². The maximum atomic E-state index is 13.2. The Kier molecular flexibility index (Phi) is 6.22. The molecule has 0 spiro atoms. The number of hydrogen-bond acceptors (Lipinski definition) is 2. The molecule has 0 aliphatic heterocycles. The average Bonchev–Trinajstić information content (AvgIpc) is 3.30. The second-order valence-corrected chi connectivity index (χ2v) is 7.44. The molecule has 1 heterocycles. The molecule has 4 aromatic rings. The molecule has 0 saturated heterocycles. The van der Waals surface area contributed by atoms with Gasteiger partial charge in [-0.05, 0) is 53.4 Å². The summed E-state index contributed by atoms with van der Waals surface area (Å²) < 4.78 is 13.2. The molecule has 1 aromatic heterocycles. The number of rotatable bonds is 7. The summed E-state index contributed by atoms with van der Waals surface area (Å²) in [6, 6.07) is 24.1. The molecule has 1 amide bonds. The zero-order chi connectivity index (χ0) is 21.6. The molecule has 4 nitrogen and oxygen atoms in total. The number of aromatic nitrogens is 2. The predicted octanol–water partition coefficient (Wildman–Crippen LogP) is 5.69. The Labute approximate surface area is 181 Å². The summed E-state index contributed by atoms with van der Waals surface area (Å²) in [5, 5.41) is 3.06. The summed E-state index contributed by atoms with van der Waals surface area (Å²) in [4.78, 5) is 20.5. The van der Waals surface area contributed by atoms with Crippen molar-refractivity contribution >= 4 is 5.91 Å². The monoisotopic (exact) mass is 413 g/mol. The van der Waals surface area contributed by atoms with Crippen LogP contribution >= 0.6 is 0 Å². The van der Waals surface area contributed by atoms with Crippen molar-refractivity contribution in [2.24, 2.45) is 0 Å². The summed E-state index contributed by atoms with van der Waals surface area (Å²) >= 11 is 0. The van der Waals surface area contributed by atoms with E-state index in [1.807, 2.05) is 61.5 Å². The minimum absolute atomic E-state index is 0.0238. The quantitative estimate of drug-likeness (QED) is 0.409. The van der Waals surface area contributed by atoms with Gasteiger partial charge in [-0.3, -0.25) is 4.79 Å². The van der Waals surface area contributed by atoms with Gasteiger partial charge in [0.2, 0.25) is 5.91 Å². The topological polar surface area (TPSA) is 57.8 Å². The van der Waals surface area contributed by atoms with E-state index in [1.54, 1.807) is 18.3 Å². The Hall–Kier alpha value is -3.73. The van der Waals surface area contributed by atoms with Gasteiger partial charge in [-0.15, -0.1) is 0 Å². The molecule has 0 fully saturated rings. The van der Waals surface area contributed by atoms with Crippen LogP contribution in [0.25, 0.3) is 22.6 Å². The molecule has 0 unspecified atom stereocenters. The van der Waals surface area contributed by atoms with Gasteiger partial charge in [-0.25, -0.2) is 9.37 Å². The van der Waals surface area contributed by atoms with Gasteiger partial charge in [-0.2, -0.15) is 0 Å². The Morgan fingerprint density at radius 1 is 1.00 bits per heavy atom. The number of aromatic amines is 1. The Balaban J connectivity index is 1.45. The van der Waals surface area contributed by atoms with Crippen molar-refractivity contribution in [3.8, 4) is 22.6 Å². The molecule has 156 valence electrons. The highest BCUT2D eigenvalue weighted by molar-refractivity contribution is 5.83. The first kappa shape index (κ1) is 20.5. The number of amides is 1. The number of carbonyl (C=O) groups is 1. The van der Waals surface area contributed by atoms with Crippen LogP contribution in [0.1, 0.15) is 30.4 Å². The zero-order valence-corrected chi connectivity index (χ0v) is 17.3. The lowest BCUT2D eigenvalue weighted by Crippen LogP contribution is -2.28. The fourth-order valence-electron chi connectivity index (χ4n) is 3.64. The molecule has 4 rings (SSSR count). The number of nitrogens with zero attached hydrogens (tertiary/aromatic N) is 1. The first-order valence-electron chi connectivity index (χ1n) is 10.4. The highest BCUT2D eigenvalue weighted by atomic mass is 19.1. The molecule has 0 saturated carbocycles. The second kappa shape index (κ2) is 9.39. The van der Waals surface area contributed by atoms with Gasteiger partial charge in [0.05, 0.1) is 17.8 Å². The zero-order valence-electron chi connectivity index (χ0n) is 17.3. The van der Waals surface area contributed by atoms with Gasteiger partial charge in [0, 0.05) is 12.1 Å². The maximum Gasteiger partial charge on any atom is 0.227 e. The largest absolute Gasteiger partial charge is 0.351 e. The van der Waals surface area contributed by atoms with Gasteiger partial charge < -0.3 is 10.3 Å². The van der Waals surface area contributed by atoms with Crippen LogP contribution in [0.15, 0.2) is 85.1 Å². The fourth-order valence-corrected chi connectivity index (χ4v) is 3.64. The Morgan fingerprint density at radius 2 is 1.77 bits per heavy atom. The summed E-state index contributed by atoms with van der Waals surface area (Å²) in [6.07, 6.45) is 2.48. The third kappa shape index (κ3) is 4.89. The van der Waals surface area contributed by atoms with Crippen LogP contribution in [-0.2, 0) is 11.3 Å². The third-order valence-electron chi connectivity index (χ3n) is 5.32. The minimum atomic E-state index is -0.268. The standard InChI is InChI=1S/C26H24FN3O/c1-2-23(19-8-4-3-5-9-19)26(31)29-16-18-7-6-10-21(15-18)25-28-17-24(30-25)20-11-13-22(27)14-12-20/h3-15,17,23H,2,16H2,1H3,(H,28,30)(H,29,31)/t23-/m0/s1. The van der Waals surface area contributed by atoms with Crippen molar-refractivity contribution in [3.05, 3.63) is 102 Å². The van der Waals surface area contributed by atoms with Crippen LogP contribution in [0, 0.1) is 5.82 Å². The molecule has 0 radical (unpaired) electrons. The van der Waals surface area contributed by atoms with Crippen molar-refractivity contribution in [2.45, 2.75) is 25.8 Å². The number of imidazole rings is 1. The van der Waals surface area contributed by atoms with Crippen molar-refractivity contribution in [2.75, 3.05) is 0 Å². The van der Waals surface area contributed by atoms with Gasteiger partial charge in [0.15, 0.2) is 0 Å². The molecule has 2 N–H and O–H groups in total. The van der Waals surface area contributed by atoms with E-state index in [9.17, 15) is 9.18 Å².